The molecule has 1 aromatic rings. The van der Waals surface area contributed by atoms with Crippen molar-refractivity contribution >= 4 is 29.7 Å². The van der Waals surface area contributed by atoms with Crippen molar-refractivity contribution in [3.63, 3.8) is 0 Å². The lowest BCUT2D eigenvalue weighted by atomic mass is 10.4. The highest BCUT2D eigenvalue weighted by Crippen LogP contribution is 2.16. The summed E-state index contributed by atoms with van der Waals surface area (Å²) >= 11 is 0. The van der Waals surface area contributed by atoms with E-state index in [1.807, 2.05) is 36.9 Å². The molecule has 0 aliphatic heterocycles. The lowest BCUT2D eigenvalue weighted by Gasteiger charge is -2.24. The molecule has 0 saturated carbocycles. The summed E-state index contributed by atoms with van der Waals surface area (Å²) < 4.78 is 0. The van der Waals surface area contributed by atoms with Crippen LogP contribution in [0.15, 0.2) is 41.2 Å². The first-order chi connectivity index (χ1) is 9.42. The second kappa shape index (κ2) is 6.49. The number of benzene rings is 1. The SMILES string of the molecule is C[Si](C)(C)C#C/C(=C\[Si](C)(C)C)[Si](C)(O)c1ccccc1. The first-order valence-corrected chi connectivity index (χ1v) is 17.0. The quantitative estimate of drug-likeness (QED) is 0.661. The fourth-order valence-corrected chi connectivity index (χ4v) is 7.36. The topological polar surface area (TPSA) is 20.2 Å². The third kappa shape index (κ3) is 6.18. The van der Waals surface area contributed by atoms with Gasteiger partial charge < -0.3 is 4.80 Å². The van der Waals surface area contributed by atoms with Crippen LogP contribution >= 0.6 is 0 Å². The lowest BCUT2D eigenvalue weighted by molar-refractivity contribution is 0.572. The maximum absolute atomic E-state index is 11.2. The second-order valence-electron chi connectivity index (χ2n) is 7.86. The molecule has 0 spiro atoms. The van der Waals surface area contributed by atoms with E-state index in [9.17, 15) is 4.80 Å². The van der Waals surface area contributed by atoms with Crippen LogP contribution in [0, 0.1) is 11.5 Å². The maximum Gasteiger partial charge on any atom is 0.257 e. The Labute approximate surface area is 133 Å². The van der Waals surface area contributed by atoms with E-state index in [1.54, 1.807) is 0 Å². The van der Waals surface area contributed by atoms with Gasteiger partial charge in [-0.15, -0.1) is 5.54 Å². The highest BCUT2D eigenvalue weighted by Gasteiger charge is 2.33. The molecular formula is C17H28OSi3. The summed E-state index contributed by atoms with van der Waals surface area (Å²) in [5, 5.41) is 2.04. The summed E-state index contributed by atoms with van der Waals surface area (Å²) in [6.45, 7) is 15.6. The molecule has 1 atom stereocenters. The van der Waals surface area contributed by atoms with Crippen LogP contribution in [-0.2, 0) is 0 Å². The first-order valence-electron chi connectivity index (χ1n) is 7.46. The van der Waals surface area contributed by atoms with Gasteiger partial charge >= 0.3 is 0 Å². The van der Waals surface area contributed by atoms with Crippen molar-refractivity contribution < 1.29 is 4.80 Å². The molecule has 21 heavy (non-hydrogen) atoms. The summed E-state index contributed by atoms with van der Waals surface area (Å²) in [6, 6.07) is 10.0. The minimum Gasteiger partial charge on any atom is -0.424 e. The molecule has 114 valence electrons. The molecule has 0 saturated heterocycles. The molecule has 0 aliphatic carbocycles. The van der Waals surface area contributed by atoms with Gasteiger partial charge in [-0.25, -0.2) is 0 Å². The van der Waals surface area contributed by atoms with Crippen LogP contribution in [0.25, 0.3) is 0 Å². The summed E-state index contributed by atoms with van der Waals surface area (Å²) in [5.41, 5.74) is 5.73. The van der Waals surface area contributed by atoms with Crippen LogP contribution in [0.1, 0.15) is 0 Å². The van der Waals surface area contributed by atoms with Crippen LogP contribution in [0.3, 0.4) is 0 Å². The minimum absolute atomic E-state index is 0.996. The van der Waals surface area contributed by atoms with E-state index in [1.165, 1.54) is 0 Å². The fourth-order valence-electron chi connectivity index (χ4n) is 1.90. The maximum atomic E-state index is 11.2. The Morgan fingerprint density at radius 2 is 1.48 bits per heavy atom. The fraction of sp³-hybridized carbons (Fsp3) is 0.412. The van der Waals surface area contributed by atoms with Crippen LogP contribution in [-0.4, -0.2) is 29.3 Å². The molecule has 4 heteroatoms. The average molecular weight is 333 g/mol. The van der Waals surface area contributed by atoms with E-state index in [-0.39, 0.29) is 0 Å². The molecule has 1 rings (SSSR count). The van der Waals surface area contributed by atoms with Gasteiger partial charge in [0.15, 0.2) is 0 Å². The Hall–Kier alpha value is -0.869. The van der Waals surface area contributed by atoms with Crippen LogP contribution < -0.4 is 5.19 Å². The van der Waals surface area contributed by atoms with Crippen LogP contribution in [0.4, 0.5) is 0 Å². The molecule has 0 heterocycles. The predicted octanol–water partition coefficient (Wildman–Crippen LogP) is 3.69. The van der Waals surface area contributed by atoms with E-state index >= 15 is 0 Å². The highest BCUT2D eigenvalue weighted by atomic mass is 28.4. The number of rotatable bonds is 3. The van der Waals surface area contributed by atoms with Gasteiger partial charge in [0.1, 0.15) is 8.07 Å². The van der Waals surface area contributed by atoms with Crippen LogP contribution in [0.2, 0.25) is 45.8 Å². The van der Waals surface area contributed by atoms with Crippen molar-refractivity contribution in [2.45, 2.75) is 45.8 Å². The largest absolute Gasteiger partial charge is 0.424 e. The molecule has 1 aromatic carbocycles. The Morgan fingerprint density at radius 3 is 1.90 bits per heavy atom. The molecule has 0 radical (unpaired) electrons. The van der Waals surface area contributed by atoms with E-state index in [4.69, 9.17) is 0 Å². The van der Waals surface area contributed by atoms with Crippen molar-refractivity contribution in [2.75, 3.05) is 0 Å². The van der Waals surface area contributed by atoms with Gasteiger partial charge in [-0.3, -0.25) is 0 Å². The summed E-state index contributed by atoms with van der Waals surface area (Å²) in [7, 11) is -5.56. The third-order valence-corrected chi connectivity index (χ3v) is 8.10. The van der Waals surface area contributed by atoms with Crippen molar-refractivity contribution in [1.82, 2.24) is 0 Å². The van der Waals surface area contributed by atoms with Gasteiger partial charge in [0.25, 0.3) is 8.32 Å². The molecular weight excluding hydrogens is 304 g/mol. The zero-order valence-electron chi connectivity index (χ0n) is 14.4. The molecule has 1 N–H and O–H groups in total. The van der Waals surface area contributed by atoms with Gasteiger partial charge in [-0.05, 0) is 11.7 Å². The molecule has 1 nitrogen and oxygen atoms in total. The van der Waals surface area contributed by atoms with Crippen molar-refractivity contribution in [3.05, 3.63) is 41.2 Å². The molecule has 0 amide bonds. The predicted molar refractivity (Wildman–Crippen MR) is 102 cm³/mol. The molecule has 0 aromatic heterocycles. The molecule has 1 unspecified atom stereocenters. The van der Waals surface area contributed by atoms with E-state index in [2.05, 4.69) is 56.4 Å². The van der Waals surface area contributed by atoms with Crippen molar-refractivity contribution in [2.24, 2.45) is 0 Å². The van der Waals surface area contributed by atoms with E-state index in [0.29, 0.717) is 0 Å². The Morgan fingerprint density at radius 1 is 0.952 bits per heavy atom. The van der Waals surface area contributed by atoms with E-state index < -0.39 is 24.5 Å². The smallest absolute Gasteiger partial charge is 0.257 e. The molecule has 0 bridgehead atoms. The van der Waals surface area contributed by atoms with Crippen molar-refractivity contribution in [1.29, 1.82) is 0 Å². The number of allylic oxidation sites excluding steroid dienone is 1. The number of hydrogen-bond donors (Lipinski definition) is 1. The summed E-state index contributed by atoms with van der Waals surface area (Å²) in [4.78, 5) is 11.2. The zero-order valence-corrected chi connectivity index (χ0v) is 17.4. The van der Waals surface area contributed by atoms with Crippen molar-refractivity contribution in [3.8, 4) is 11.5 Å². The molecule has 0 fully saturated rings. The molecule has 0 aliphatic rings. The van der Waals surface area contributed by atoms with Gasteiger partial charge in [-0.1, -0.05) is 81.2 Å². The summed E-state index contributed by atoms with van der Waals surface area (Å²) in [5.74, 6) is 3.37. The zero-order chi connectivity index (χ0) is 16.3. The van der Waals surface area contributed by atoms with Gasteiger partial charge in [0, 0.05) is 5.20 Å². The normalized spacial score (nSPS) is 15.9. The van der Waals surface area contributed by atoms with Gasteiger partial charge in [-0.2, -0.15) is 0 Å². The number of hydrogen-bond acceptors (Lipinski definition) is 1. The van der Waals surface area contributed by atoms with E-state index in [0.717, 1.165) is 10.4 Å². The monoisotopic (exact) mass is 332 g/mol. The van der Waals surface area contributed by atoms with Crippen LogP contribution in [0.5, 0.6) is 0 Å². The third-order valence-electron chi connectivity index (χ3n) is 3.01. The lowest BCUT2D eigenvalue weighted by Crippen LogP contribution is -2.48. The first kappa shape index (κ1) is 18.2. The van der Waals surface area contributed by atoms with Gasteiger partial charge in [0.2, 0.25) is 0 Å². The Balaban J connectivity index is 3.37. The Kier molecular flexibility index (Phi) is 5.62. The highest BCUT2D eigenvalue weighted by molar-refractivity contribution is 6.94. The standard InChI is InChI=1S/C17H28OSi3/c1-19(2,3)14-13-17(15-20(4,5)6)21(7,18)16-11-9-8-10-12-16/h8-12,15,18H,1-7H3/b17-15+. The Bertz CT molecular complexity index is 564. The minimum atomic E-state index is -2.67. The van der Waals surface area contributed by atoms with Gasteiger partial charge in [0.05, 0.1) is 8.07 Å². The second-order valence-corrected chi connectivity index (χ2v) is 20.9. The summed E-state index contributed by atoms with van der Waals surface area (Å²) in [6.07, 6.45) is 0. The average Bonchev–Trinajstić information content (AvgIpc) is 2.33.